The van der Waals surface area contributed by atoms with Crippen LogP contribution in [0.25, 0.3) is 0 Å². The highest BCUT2D eigenvalue weighted by Gasteiger charge is 2.40. The van der Waals surface area contributed by atoms with E-state index >= 15 is 0 Å². The van der Waals surface area contributed by atoms with Gasteiger partial charge in [-0.15, -0.1) is 0 Å². The van der Waals surface area contributed by atoms with E-state index in [0.29, 0.717) is 0 Å². The van der Waals surface area contributed by atoms with Gasteiger partial charge in [-0.25, -0.2) is 0 Å². The van der Waals surface area contributed by atoms with Crippen molar-refractivity contribution < 1.29 is 14.3 Å². The van der Waals surface area contributed by atoms with E-state index in [2.05, 4.69) is 17.6 Å². The van der Waals surface area contributed by atoms with Crippen LogP contribution >= 0.6 is 0 Å². The average molecular weight is 316 g/mol. The van der Waals surface area contributed by atoms with Gasteiger partial charge in [0.2, 0.25) is 5.91 Å². The molecule has 1 aliphatic carbocycles. The van der Waals surface area contributed by atoms with Gasteiger partial charge in [0, 0.05) is 5.54 Å². The van der Waals surface area contributed by atoms with E-state index in [1.54, 1.807) is 0 Å². The number of nitrogens with one attached hydrogen (secondary N) is 2. The molecule has 1 heterocycles. The summed E-state index contributed by atoms with van der Waals surface area (Å²) in [6, 6.07) is 9.09. The molecule has 0 spiro atoms. The number of carbonyl (C=O) groups excluding carboxylic acids is 2. The van der Waals surface area contributed by atoms with E-state index in [9.17, 15) is 9.59 Å². The number of ether oxygens (including phenoxy) is 1. The van der Waals surface area contributed by atoms with Gasteiger partial charge in [-0.3, -0.25) is 9.59 Å². The number of morpholine rings is 1. The summed E-state index contributed by atoms with van der Waals surface area (Å²) in [5.41, 5.74) is 0.779. The smallest absolute Gasteiger partial charge is 0.252 e. The molecule has 2 atom stereocenters. The van der Waals surface area contributed by atoms with Crippen molar-refractivity contribution >= 4 is 11.8 Å². The quantitative estimate of drug-likeness (QED) is 0.894. The van der Waals surface area contributed by atoms with Crippen molar-refractivity contribution in [3.8, 4) is 0 Å². The molecule has 2 N–H and O–H groups in total. The van der Waals surface area contributed by atoms with Crippen molar-refractivity contribution in [3.63, 3.8) is 0 Å². The molecule has 0 aromatic heterocycles. The molecule has 2 fully saturated rings. The van der Waals surface area contributed by atoms with E-state index in [-0.39, 0.29) is 24.0 Å². The minimum Gasteiger partial charge on any atom is -0.356 e. The first-order valence-electron chi connectivity index (χ1n) is 8.41. The molecule has 5 heteroatoms. The highest BCUT2D eigenvalue weighted by molar-refractivity contribution is 5.86. The second-order valence-corrected chi connectivity index (χ2v) is 6.52. The Morgan fingerprint density at radius 3 is 2.65 bits per heavy atom. The van der Waals surface area contributed by atoms with E-state index < -0.39 is 12.1 Å². The minimum absolute atomic E-state index is 0.0689. The lowest BCUT2D eigenvalue weighted by Crippen LogP contribution is -2.56. The minimum atomic E-state index is -0.681. The zero-order chi connectivity index (χ0) is 16.3. The second-order valence-electron chi connectivity index (χ2n) is 6.52. The molecule has 0 unspecified atom stereocenters. The van der Waals surface area contributed by atoms with Gasteiger partial charge >= 0.3 is 0 Å². The Balaban J connectivity index is 1.78. The highest BCUT2D eigenvalue weighted by Crippen LogP contribution is 2.33. The van der Waals surface area contributed by atoms with E-state index in [4.69, 9.17) is 4.74 Å². The lowest BCUT2D eigenvalue weighted by molar-refractivity contribution is -0.149. The zero-order valence-electron chi connectivity index (χ0n) is 13.5. The monoisotopic (exact) mass is 316 g/mol. The van der Waals surface area contributed by atoms with E-state index in [1.165, 1.54) is 0 Å². The van der Waals surface area contributed by atoms with Crippen LogP contribution in [-0.2, 0) is 14.3 Å². The normalized spacial score (nSPS) is 26.6. The van der Waals surface area contributed by atoms with Crippen molar-refractivity contribution in [2.24, 2.45) is 0 Å². The van der Waals surface area contributed by atoms with Gasteiger partial charge in [-0.2, -0.15) is 0 Å². The number of rotatable bonds is 4. The Hall–Kier alpha value is -1.88. The van der Waals surface area contributed by atoms with Crippen molar-refractivity contribution in [2.75, 3.05) is 6.61 Å². The summed E-state index contributed by atoms with van der Waals surface area (Å²) in [5.74, 6) is -0.309. The molecule has 1 saturated carbocycles. The van der Waals surface area contributed by atoms with Crippen LogP contribution in [-0.4, -0.2) is 30.1 Å². The molecular formula is C18H24N2O3. The molecule has 1 saturated heterocycles. The first-order chi connectivity index (χ1) is 11.1. The van der Waals surface area contributed by atoms with Crippen molar-refractivity contribution in [1.29, 1.82) is 0 Å². The second kappa shape index (κ2) is 6.71. The number of hydrogen-bond acceptors (Lipinski definition) is 3. The molecule has 1 aromatic rings. The third-order valence-electron chi connectivity index (χ3n) is 5.06. The van der Waals surface area contributed by atoms with E-state index in [0.717, 1.165) is 37.7 Å². The molecule has 124 valence electrons. The first kappa shape index (κ1) is 16.0. The SMILES string of the molecule is CCC1(NC(=O)[C@H]2OCC(=O)N[C@@H]2c2ccccc2)CCCC1. The summed E-state index contributed by atoms with van der Waals surface area (Å²) in [6.45, 7) is 2.05. The Kier molecular flexibility index (Phi) is 4.66. The van der Waals surface area contributed by atoms with Crippen LogP contribution in [0.15, 0.2) is 30.3 Å². The standard InChI is InChI=1S/C18H24N2O3/c1-2-18(10-6-7-11-18)20-17(22)16-15(19-14(21)12-23-16)13-8-4-3-5-9-13/h3-5,8-9,15-16H,2,6-7,10-12H2,1H3,(H,19,21)(H,20,22)/t15-,16+/m1/s1. The van der Waals surface area contributed by atoms with Crippen LogP contribution < -0.4 is 10.6 Å². The van der Waals surface area contributed by atoms with Gasteiger partial charge in [0.1, 0.15) is 6.61 Å². The molecule has 0 radical (unpaired) electrons. The van der Waals surface area contributed by atoms with Crippen LogP contribution in [0.2, 0.25) is 0 Å². The topological polar surface area (TPSA) is 67.4 Å². The van der Waals surface area contributed by atoms with E-state index in [1.807, 2.05) is 30.3 Å². The van der Waals surface area contributed by atoms with Gasteiger partial charge in [0.25, 0.3) is 5.91 Å². The lowest BCUT2D eigenvalue weighted by Gasteiger charge is -2.36. The summed E-state index contributed by atoms with van der Waals surface area (Å²) in [5, 5.41) is 6.11. The number of amides is 2. The fraction of sp³-hybridized carbons (Fsp3) is 0.556. The van der Waals surface area contributed by atoms with Gasteiger partial charge < -0.3 is 15.4 Å². The molecular weight excluding hydrogens is 292 g/mol. The van der Waals surface area contributed by atoms with Crippen molar-refractivity contribution in [3.05, 3.63) is 35.9 Å². The Bertz CT molecular complexity index is 567. The molecule has 2 amide bonds. The zero-order valence-corrected chi connectivity index (χ0v) is 13.5. The van der Waals surface area contributed by atoms with Crippen molar-refractivity contribution in [2.45, 2.75) is 56.7 Å². The molecule has 23 heavy (non-hydrogen) atoms. The largest absolute Gasteiger partial charge is 0.356 e. The Morgan fingerprint density at radius 2 is 2.00 bits per heavy atom. The van der Waals surface area contributed by atoms with Crippen LogP contribution in [0.4, 0.5) is 0 Å². The predicted molar refractivity (Wildman–Crippen MR) is 86.7 cm³/mol. The fourth-order valence-electron chi connectivity index (χ4n) is 3.65. The first-order valence-corrected chi connectivity index (χ1v) is 8.41. The molecule has 5 nitrogen and oxygen atoms in total. The lowest BCUT2D eigenvalue weighted by atomic mass is 9.92. The summed E-state index contributed by atoms with van der Waals surface area (Å²) >= 11 is 0. The maximum absolute atomic E-state index is 12.8. The van der Waals surface area contributed by atoms with Gasteiger partial charge in [-0.1, -0.05) is 50.1 Å². The van der Waals surface area contributed by atoms with Crippen LogP contribution in [0.5, 0.6) is 0 Å². The number of carbonyl (C=O) groups is 2. The third kappa shape index (κ3) is 3.39. The van der Waals surface area contributed by atoms with Crippen molar-refractivity contribution in [1.82, 2.24) is 10.6 Å². The number of hydrogen-bond donors (Lipinski definition) is 2. The maximum atomic E-state index is 12.8. The van der Waals surface area contributed by atoms with Gasteiger partial charge in [0.05, 0.1) is 6.04 Å². The average Bonchev–Trinajstić information content (AvgIpc) is 3.04. The number of benzene rings is 1. The summed E-state index contributed by atoms with van der Waals surface area (Å²) in [4.78, 5) is 24.5. The molecule has 2 aliphatic rings. The van der Waals surface area contributed by atoms with Gasteiger partial charge in [-0.05, 0) is 24.8 Å². The highest BCUT2D eigenvalue weighted by atomic mass is 16.5. The third-order valence-corrected chi connectivity index (χ3v) is 5.06. The molecule has 0 bridgehead atoms. The van der Waals surface area contributed by atoms with Gasteiger partial charge in [0.15, 0.2) is 6.10 Å². The predicted octanol–water partition coefficient (Wildman–Crippen LogP) is 2.08. The Morgan fingerprint density at radius 1 is 1.30 bits per heavy atom. The fourth-order valence-corrected chi connectivity index (χ4v) is 3.65. The molecule has 3 rings (SSSR count). The van der Waals surface area contributed by atoms with Crippen LogP contribution in [0.1, 0.15) is 50.6 Å². The molecule has 1 aromatic carbocycles. The maximum Gasteiger partial charge on any atom is 0.252 e. The molecule has 1 aliphatic heterocycles. The summed E-state index contributed by atoms with van der Waals surface area (Å²) in [6.07, 6.45) is 4.58. The van der Waals surface area contributed by atoms with Crippen LogP contribution in [0, 0.1) is 0 Å². The summed E-state index contributed by atoms with van der Waals surface area (Å²) < 4.78 is 5.59. The summed E-state index contributed by atoms with van der Waals surface area (Å²) in [7, 11) is 0. The van der Waals surface area contributed by atoms with Crippen LogP contribution in [0.3, 0.4) is 0 Å². The Labute approximate surface area is 136 Å².